The van der Waals surface area contributed by atoms with Crippen molar-refractivity contribution in [2.24, 2.45) is 0 Å². The number of benzene rings is 2. The van der Waals surface area contributed by atoms with E-state index < -0.39 is 0 Å². The van der Waals surface area contributed by atoms with Gasteiger partial charge >= 0.3 is 0 Å². The molecule has 2 aromatic carbocycles. The minimum Gasteiger partial charge on any atom is -0.252 e. The van der Waals surface area contributed by atoms with Crippen LogP contribution in [0.2, 0.25) is 0 Å². The van der Waals surface area contributed by atoms with Crippen molar-refractivity contribution in [2.45, 2.75) is 19.8 Å². The Labute approximate surface area is 149 Å². The van der Waals surface area contributed by atoms with Crippen molar-refractivity contribution in [3.63, 3.8) is 0 Å². The second-order valence-electron chi connectivity index (χ2n) is 5.76. The molecule has 0 fully saturated rings. The topological polar surface area (TPSA) is 12.9 Å². The fraction of sp³-hybridized carbons (Fsp3) is 0.150. The van der Waals surface area contributed by atoms with Crippen LogP contribution in [-0.4, -0.2) is 4.98 Å². The van der Waals surface area contributed by atoms with E-state index in [9.17, 15) is 4.39 Å². The van der Waals surface area contributed by atoms with Crippen LogP contribution in [0.5, 0.6) is 0 Å². The first-order valence-corrected chi connectivity index (χ1v) is 8.81. The second kappa shape index (κ2) is 6.79. The van der Waals surface area contributed by atoms with Gasteiger partial charge in [-0.2, -0.15) is 0 Å². The Hall–Kier alpha value is -1.75. The number of hydrogen-bond acceptors (Lipinski definition) is 1. The third kappa shape index (κ3) is 3.15. The zero-order valence-corrected chi connectivity index (χ0v) is 15.2. The molecule has 0 bridgehead atoms. The summed E-state index contributed by atoms with van der Waals surface area (Å²) in [6.07, 6.45) is 2.09. The predicted octanol–water partition coefficient (Wildman–Crippen LogP) is 6.57. The van der Waals surface area contributed by atoms with E-state index in [4.69, 9.17) is 4.98 Å². The highest BCUT2D eigenvalue weighted by Gasteiger charge is 2.16. The minimum atomic E-state index is -0.220. The van der Waals surface area contributed by atoms with E-state index >= 15 is 0 Å². The maximum absolute atomic E-state index is 13.3. The lowest BCUT2D eigenvalue weighted by atomic mass is 9.91. The molecular formula is C20H17FIN. The first-order chi connectivity index (χ1) is 11.1. The van der Waals surface area contributed by atoms with Crippen LogP contribution in [0.15, 0.2) is 52.6 Å². The number of hydrogen-bond donors (Lipinski definition) is 0. The van der Waals surface area contributed by atoms with Crippen molar-refractivity contribution < 1.29 is 4.39 Å². The summed E-state index contributed by atoms with van der Waals surface area (Å²) in [6.45, 7) is 4.30. The van der Waals surface area contributed by atoms with Crippen molar-refractivity contribution in [1.82, 2.24) is 4.98 Å². The van der Waals surface area contributed by atoms with Gasteiger partial charge in [-0.15, -0.1) is 0 Å². The number of pyridine rings is 1. The van der Waals surface area contributed by atoms with Gasteiger partial charge in [-0.1, -0.05) is 66.8 Å². The number of fused-ring (bicyclic) bond motifs is 1. The maximum atomic E-state index is 13.3. The van der Waals surface area contributed by atoms with Gasteiger partial charge in [0.25, 0.3) is 0 Å². The van der Waals surface area contributed by atoms with Gasteiger partial charge in [0.05, 0.1) is 11.2 Å². The summed E-state index contributed by atoms with van der Waals surface area (Å²) in [5, 5.41) is 1.09. The lowest BCUT2D eigenvalue weighted by molar-refractivity contribution is 0.628. The monoisotopic (exact) mass is 417 g/mol. The summed E-state index contributed by atoms with van der Waals surface area (Å²) in [6, 6.07) is 14.8. The molecule has 0 unspecified atom stereocenters. The van der Waals surface area contributed by atoms with Crippen molar-refractivity contribution in [2.75, 3.05) is 0 Å². The third-order valence-corrected chi connectivity index (χ3v) is 4.23. The van der Waals surface area contributed by atoms with E-state index in [-0.39, 0.29) is 5.82 Å². The SMILES string of the molecule is CC(C)c1nc2ccccc2c(-c2ccc(F)cc2)c1/C=C/I. The Morgan fingerprint density at radius 1 is 1.04 bits per heavy atom. The number of halogens is 2. The molecule has 0 spiro atoms. The second-order valence-corrected chi connectivity index (χ2v) is 6.48. The first-order valence-electron chi connectivity index (χ1n) is 7.57. The predicted molar refractivity (Wildman–Crippen MR) is 104 cm³/mol. The van der Waals surface area contributed by atoms with Gasteiger partial charge in [0.1, 0.15) is 5.82 Å². The molecule has 116 valence electrons. The normalized spacial score (nSPS) is 11.7. The Bertz CT molecular complexity index is 867. The standard InChI is InChI=1S/C20H17FIN/c1-13(2)20-17(11-12-22)19(14-7-9-15(21)10-8-14)16-5-3-4-6-18(16)23-20/h3-13H,1-2H3/b12-11+. The highest BCUT2D eigenvalue weighted by Crippen LogP contribution is 2.36. The quantitative estimate of drug-likeness (QED) is 0.440. The fourth-order valence-electron chi connectivity index (χ4n) is 2.85. The van der Waals surface area contributed by atoms with Crippen LogP contribution in [0.1, 0.15) is 31.0 Å². The molecule has 0 amide bonds. The van der Waals surface area contributed by atoms with Gasteiger partial charge in [0.2, 0.25) is 0 Å². The van der Waals surface area contributed by atoms with Crippen LogP contribution < -0.4 is 0 Å². The first kappa shape index (κ1) is 16.1. The van der Waals surface area contributed by atoms with Crippen LogP contribution in [0.25, 0.3) is 28.1 Å². The van der Waals surface area contributed by atoms with Crippen molar-refractivity contribution in [3.8, 4) is 11.1 Å². The summed E-state index contributed by atoms with van der Waals surface area (Å²) in [7, 11) is 0. The Morgan fingerprint density at radius 2 is 1.74 bits per heavy atom. The van der Waals surface area contributed by atoms with Gasteiger partial charge in [0.15, 0.2) is 0 Å². The average molecular weight is 417 g/mol. The summed E-state index contributed by atoms with van der Waals surface area (Å²) in [4.78, 5) is 4.87. The van der Waals surface area contributed by atoms with Crippen LogP contribution in [0.3, 0.4) is 0 Å². The molecule has 0 aliphatic heterocycles. The molecule has 3 aromatic rings. The smallest absolute Gasteiger partial charge is 0.123 e. The van der Waals surface area contributed by atoms with E-state index in [1.165, 1.54) is 12.1 Å². The number of para-hydroxylation sites is 1. The van der Waals surface area contributed by atoms with E-state index in [0.717, 1.165) is 33.3 Å². The summed E-state index contributed by atoms with van der Waals surface area (Å²) < 4.78 is 15.3. The van der Waals surface area contributed by atoms with Gasteiger partial charge < -0.3 is 0 Å². The van der Waals surface area contributed by atoms with Crippen LogP contribution in [0, 0.1) is 5.82 Å². The molecular weight excluding hydrogens is 400 g/mol. The highest BCUT2D eigenvalue weighted by molar-refractivity contribution is 14.1. The number of nitrogens with zero attached hydrogens (tertiary/aromatic N) is 1. The molecule has 0 saturated heterocycles. The maximum Gasteiger partial charge on any atom is 0.123 e. The molecule has 0 atom stereocenters. The van der Waals surface area contributed by atoms with Crippen LogP contribution in [-0.2, 0) is 0 Å². The third-order valence-electron chi connectivity index (χ3n) is 3.87. The molecule has 0 aliphatic rings. The highest BCUT2D eigenvalue weighted by atomic mass is 127. The number of aromatic nitrogens is 1. The molecule has 3 rings (SSSR count). The zero-order valence-electron chi connectivity index (χ0n) is 13.1. The Kier molecular flexibility index (Phi) is 4.76. The Morgan fingerprint density at radius 3 is 2.39 bits per heavy atom. The van der Waals surface area contributed by atoms with Gasteiger partial charge in [-0.25, -0.2) is 4.39 Å². The molecule has 1 aromatic heterocycles. The molecule has 23 heavy (non-hydrogen) atoms. The Balaban J connectivity index is 2.44. The van der Waals surface area contributed by atoms with Crippen LogP contribution in [0.4, 0.5) is 4.39 Å². The lowest BCUT2D eigenvalue weighted by Crippen LogP contribution is -2.01. The molecule has 0 saturated carbocycles. The molecule has 3 heteroatoms. The molecule has 0 N–H and O–H groups in total. The van der Waals surface area contributed by atoms with E-state index in [2.05, 4.69) is 48.6 Å². The zero-order chi connectivity index (χ0) is 16.4. The van der Waals surface area contributed by atoms with Crippen LogP contribution >= 0.6 is 22.6 Å². The molecule has 1 heterocycles. The number of rotatable bonds is 3. The summed E-state index contributed by atoms with van der Waals surface area (Å²) in [5.41, 5.74) is 5.28. The largest absolute Gasteiger partial charge is 0.252 e. The van der Waals surface area contributed by atoms with E-state index in [1.807, 2.05) is 34.4 Å². The summed E-state index contributed by atoms with van der Waals surface area (Å²) >= 11 is 2.23. The minimum absolute atomic E-state index is 0.220. The molecule has 0 radical (unpaired) electrons. The van der Waals surface area contributed by atoms with Gasteiger partial charge in [-0.05, 0) is 39.8 Å². The summed E-state index contributed by atoms with van der Waals surface area (Å²) in [5.74, 6) is 0.0867. The van der Waals surface area contributed by atoms with Gasteiger partial charge in [-0.3, -0.25) is 4.98 Å². The molecule has 1 nitrogen and oxygen atoms in total. The molecule has 0 aliphatic carbocycles. The fourth-order valence-corrected chi connectivity index (χ4v) is 3.20. The van der Waals surface area contributed by atoms with E-state index in [1.54, 1.807) is 0 Å². The van der Waals surface area contributed by atoms with Crippen molar-refractivity contribution in [1.29, 1.82) is 0 Å². The van der Waals surface area contributed by atoms with Crippen molar-refractivity contribution >= 4 is 39.6 Å². The average Bonchev–Trinajstić information content (AvgIpc) is 2.55. The van der Waals surface area contributed by atoms with E-state index in [0.29, 0.717) is 5.92 Å². The van der Waals surface area contributed by atoms with Crippen molar-refractivity contribution in [3.05, 3.63) is 69.7 Å². The lowest BCUT2D eigenvalue weighted by Gasteiger charge is -2.17. The van der Waals surface area contributed by atoms with Gasteiger partial charge in [0, 0.05) is 16.5 Å².